The molecule has 0 aliphatic heterocycles. The first-order valence-electron chi connectivity index (χ1n) is 20.0. The normalized spacial score (nSPS) is 15.1. The fraction of sp³-hybridized carbons (Fsp3) is 0.327. The molecule has 0 aromatic heterocycles. The molecule has 0 N–H and O–H groups in total. The van der Waals surface area contributed by atoms with Gasteiger partial charge in [-0.3, -0.25) is 0 Å². The van der Waals surface area contributed by atoms with Gasteiger partial charge in [-0.1, -0.05) is 0 Å². The Bertz CT molecular complexity index is 2370. The van der Waals surface area contributed by atoms with Crippen molar-refractivity contribution in [2.75, 3.05) is 0 Å². The number of hydrogen-bond donors (Lipinski definition) is 0. The molecule has 2 aliphatic carbocycles. The molecular weight excluding hydrogens is 787 g/mol. The van der Waals surface area contributed by atoms with Crippen LogP contribution in [0.2, 0.25) is 4.63 Å². The summed E-state index contributed by atoms with van der Waals surface area (Å²) in [5, 5.41) is 0. The zero-order valence-electron chi connectivity index (χ0n) is 35.2. The third-order valence-corrected chi connectivity index (χ3v) is 27.3. The molecule has 3 heteroatoms. The topological polar surface area (TPSA) is 0 Å². The summed E-state index contributed by atoms with van der Waals surface area (Å²) in [5.41, 5.74) is 20.8. The van der Waals surface area contributed by atoms with Crippen LogP contribution < -0.4 is 6.54 Å². The van der Waals surface area contributed by atoms with Crippen molar-refractivity contribution in [3.8, 4) is 33.4 Å². The molecule has 1 atom stereocenters. The van der Waals surface area contributed by atoms with Crippen LogP contribution in [-0.2, 0) is 24.7 Å². The molecular formula is C52H62Cl2Zr. The van der Waals surface area contributed by atoms with E-state index in [1.165, 1.54) is 106 Å². The molecule has 0 saturated carbocycles. The summed E-state index contributed by atoms with van der Waals surface area (Å²) in [6.45, 7) is 23.1. The number of unbranched alkanes of at least 4 members (excludes halogenated alkanes) is 1. The molecule has 2 aliphatic rings. The van der Waals surface area contributed by atoms with Crippen molar-refractivity contribution >= 4 is 35.6 Å². The Hall–Kier alpha value is -3.09. The van der Waals surface area contributed by atoms with Crippen molar-refractivity contribution in [2.45, 2.75) is 99.6 Å². The third kappa shape index (κ3) is 7.33. The molecule has 0 saturated heterocycles. The van der Waals surface area contributed by atoms with E-state index in [0.29, 0.717) is 5.92 Å². The second kappa shape index (κ2) is 15.7. The maximum absolute atomic E-state index is 5.81. The first kappa shape index (κ1) is 43.0. The van der Waals surface area contributed by atoms with Gasteiger partial charge in [0.2, 0.25) is 0 Å². The van der Waals surface area contributed by atoms with Crippen molar-refractivity contribution in [3.05, 3.63) is 150 Å². The van der Waals surface area contributed by atoms with Crippen LogP contribution in [0.4, 0.5) is 0 Å². The molecule has 288 valence electrons. The predicted molar refractivity (Wildman–Crippen MR) is 246 cm³/mol. The summed E-state index contributed by atoms with van der Waals surface area (Å²) >= 11 is -4.72. The molecule has 0 heterocycles. The van der Waals surface area contributed by atoms with Crippen molar-refractivity contribution in [2.24, 2.45) is 11.3 Å². The predicted octanol–water partition coefficient (Wildman–Crippen LogP) is 14.1. The summed E-state index contributed by atoms with van der Waals surface area (Å²) in [4.78, 5) is 0. The van der Waals surface area contributed by atoms with E-state index < -0.39 is 18.3 Å². The van der Waals surface area contributed by atoms with E-state index in [1.54, 1.807) is 6.55 Å². The van der Waals surface area contributed by atoms with Crippen molar-refractivity contribution in [1.29, 1.82) is 0 Å². The maximum atomic E-state index is 5.81. The molecule has 0 radical (unpaired) electrons. The molecule has 5 aromatic rings. The quantitative estimate of drug-likeness (QED) is 0.143. The first-order valence-corrected chi connectivity index (χ1v) is 27.9. The molecule has 0 bridgehead atoms. The van der Waals surface area contributed by atoms with Gasteiger partial charge in [0.05, 0.1) is 0 Å². The van der Waals surface area contributed by atoms with E-state index in [9.17, 15) is 0 Å². The summed E-state index contributed by atoms with van der Waals surface area (Å²) in [6, 6.07) is 33.3. The number of halogens is 2. The van der Waals surface area contributed by atoms with Gasteiger partial charge in [-0.25, -0.2) is 0 Å². The number of aryl methyl sites for hydroxylation is 6. The van der Waals surface area contributed by atoms with E-state index >= 15 is 0 Å². The Morgan fingerprint density at radius 2 is 1.24 bits per heavy atom. The average molecular weight is 849 g/mol. The fourth-order valence-electron chi connectivity index (χ4n) is 10.5. The SMILES string of the molecule is Cl.Cl.[CH2]=[Zr]([CH3])([C]1=CC(C(C)(C)C)=CC1CCCC)([c]1ccccc1)[c]1c(-c2c(C)cc(C)cc2C)ccc2c1Cc1cc(-c3c(C)cc(C)cc3C)ccc1-2. The van der Waals surface area contributed by atoms with E-state index in [0.717, 1.165) is 6.42 Å². The Balaban J connectivity index is 0.00000290. The number of benzene rings is 5. The molecule has 0 amide bonds. The number of hydrogen-bond acceptors (Lipinski definition) is 0. The van der Waals surface area contributed by atoms with Gasteiger partial charge >= 0.3 is 324 Å². The van der Waals surface area contributed by atoms with Crippen LogP contribution in [-0.4, -0.2) is 4.21 Å². The van der Waals surface area contributed by atoms with Gasteiger partial charge in [0, 0.05) is 0 Å². The Morgan fingerprint density at radius 1 is 0.691 bits per heavy atom. The van der Waals surface area contributed by atoms with Crippen molar-refractivity contribution < 1.29 is 18.3 Å². The number of allylic oxidation sites excluding steroid dienone is 4. The summed E-state index contributed by atoms with van der Waals surface area (Å²) in [5.74, 6) is 0.393. The van der Waals surface area contributed by atoms with Gasteiger partial charge in [0.15, 0.2) is 0 Å². The average Bonchev–Trinajstić information content (AvgIpc) is 3.69. The zero-order chi connectivity index (χ0) is 38.1. The second-order valence-electron chi connectivity index (χ2n) is 18.2. The molecule has 0 nitrogen and oxygen atoms in total. The molecule has 0 fully saturated rings. The van der Waals surface area contributed by atoms with Crippen molar-refractivity contribution in [3.63, 3.8) is 0 Å². The summed E-state index contributed by atoms with van der Waals surface area (Å²) in [7, 11) is 0. The minimum absolute atomic E-state index is 0. The van der Waals surface area contributed by atoms with Crippen LogP contribution in [0.15, 0.2) is 106 Å². The zero-order valence-corrected chi connectivity index (χ0v) is 39.3. The Kier molecular flexibility index (Phi) is 12.3. The Morgan fingerprint density at radius 3 is 1.80 bits per heavy atom. The number of rotatable bonds is 8. The first-order chi connectivity index (χ1) is 25.0. The van der Waals surface area contributed by atoms with Crippen LogP contribution in [0.1, 0.15) is 91.5 Å². The monoisotopic (exact) mass is 846 g/mol. The number of fused-ring (bicyclic) bond motifs is 3. The molecule has 7 rings (SSSR count). The van der Waals surface area contributed by atoms with Gasteiger partial charge in [-0.05, 0) is 0 Å². The van der Waals surface area contributed by atoms with E-state index in [2.05, 4.69) is 171 Å². The standard InChI is InChI=1S/C31H29.C13H21.C6H5.CH3.CH2.2ClH.Zr/c1-18-11-20(3)30(21(4)12-18)24-7-9-28-26(15-24)17-27-16-25(8-10-29(27)28)31-22(5)13-19(2)14-23(31)6;1-5-6-7-11-8-9-12(10-11)13(2,3)4;1-2-4-6-5-3-1;;;;;/h7-15H,17H2,1-6H3;9-11H,5-7H2,1-4H3;1-5H;1H3;1H2;2*1H;. The van der Waals surface area contributed by atoms with Crippen LogP contribution >= 0.6 is 24.8 Å². The van der Waals surface area contributed by atoms with Gasteiger partial charge in [-0.15, -0.1) is 24.8 Å². The van der Waals surface area contributed by atoms with Crippen LogP contribution in [0, 0.1) is 52.9 Å². The van der Waals surface area contributed by atoms with Gasteiger partial charge in [0.25, 0.3) is 0 Å². The van der Waals surface area contributed by atoms with Crippen molar-refractivity contribution in [1.82, 2.24) is 0 Å². The minimum atomic E-state index is -4.72. The van der Waals surface area contributed by atoms with E-state index in [1.807, 2.05) is 0 Å². The van der Waals surface area contributed by atoms with Gasteiger partial charge < -0.3 is 0 Å². The molecule has 55 heavy (non-hydrogen) atoms. The van der Waals surface area contributed by atoms with E-state index in [4.69, 9.17) is 4.21 Å². The van der Waals surface area contributed by atoms with Crippen LogP contribution in [0.3, 0.4) is 0 Å². The molecule has 0 spiro atoms. The van der Waals surface area contributed by atoms with Crippen LogP contribution in [0.5, 0.6) is 0 Å². The van der Waals surface area contributed by atoms with Gasteiger partial charge in [-0.2, -0.15) is 0 Å². The van der Waals surface area contributed by atoms with E-state index in [-0.39, 0.29) is 30.2 Å². The summed E-state index contributed by atoms with van der Waals surface area (Å²) in [6.07, 6.45) is 9.83. The van der Waals surface area contributed by atoms with Gasteiger partial charge in [0.1, 0.15) is 0 Å². The second-order valence-corrected chi connectivity index (χ2v) is 32.1. The fourth-order valence-corrected chi connectivity index (χ4v) is 24.6. The molecule has 5 aromatic carbocycles. The molecule has 1 unspecified atom stereocenters. The third-order valence-electron chi connectivity index (χ3n) is 12.8. The summed E-state index contributed by atoms with van der Waals surface area (Å²) < 4.78 is 13.2. The Labute approximate surface area is 346 Å². The van der Waals surface area contributed by atoms with Crippen LogP contribution in [0.25, 0.3) is 33.4 Å².